The molecule has 0 spiro atoms. The monoisotopic (exact) mass is 764 g/mol. The summed E-state index contributed by atoms with van der Waals surface area (Å²) >= 11 is 20.1. The van der Waals surface area contributed by atoms with Crippen LogP contribution in [0.5, 0.6) is 23.0 Å². The maximum Gasteiger partial charge on any atom is 0.338 e. The number of carbonyl (C=O) groups is 1. The van der Waals surface area contributed by atoms with Crippen molar-refractivity contribution in [3.8, 4) is 23.0 Å². The predicted molar refractivity (Wildman–Crippen MR) is 199 cm³/mol. The number of thiazole rings is 1. The van der Waals surface area contributed by atoms with Crippen molar-refractivity contribution >= 4 is 63.9 Å². The van der Waals surface area contributed by atoms with E-state index in [-0.39, 0.29) is 29.4 Å². The Morgan fingerprint density at radius 2 is 1.61 bits per heavy atom. The van der Waals surface area contributed by atoms with E-state index in [2.05, 4.69) is 0 Å². The maximum atomic E-state index is 14.4. The summed E-state index contributed by atoms with van der Waals surface area (Å²) in [7, 11) is 4.56. The Labute approximate surface area is 312 Å². The van der Waals surface area contributed by atoms with Gasteiger partial charge in [0.1, 0.15) is 6.61 Å². The molecule has 0 saturated heterocycles. The third kappa shape index (κ3) is 7.36. The highest BCUT2D eigenvalue weighted by molar-refractivity contribution is 7.07. The molecular weight excluding hydrogens is 735 g/mol. The standard InChI is InChI=1S/C38H31Cl3N2O7S/c1-5-49-37(45)32-33(23-9-7-6-8-10-23)42-38-43(34(32)24-12-14-28(46-2)29(19-24)47-3)36(44)31(51-38)18-22-16-27(41)35(30(17-22)48-4)50-20-21-11-13-25(39)26(40)15-21/h6-19,34H,5,20H2,1-4H3/b31-18-/t34-/m0/s1. The summed E-state index contributed by atoms with van der Waals surface area (Å²) in [6, 6.07) is 22.3. The molecule has 6 rings (SSSR count). The van der Waals surface area contributed by atoms with Crippen molar-refractivity contribution < 1.29 is 28.5 Å². The van der Waals surface area contributed by atoms with Crippen molar-refractivity contribution in [3.63, 3.8) is 0 Å². The van der Waals surface area contributed by atoms with Crippen LogP contribution in [0.2, 0.25) is 15.1 Å². The van der Waals surface area contributed by atoms with Crippen LogP contribution >= 0.6 is 46.1 Å². The smallest absolute Gasteiger partial charge is 0.338 e. The lowest BCUT2D eigenvalue weighted by Crippen LogP contribution is -2.40. The number of ether oxygens (including phenoxy) is 5. The normalized spacial score (nSPS) is 14.1. The second-order valence-corrected chi connectivity index (χ2v) is 13.3. The number of benzene rings is 4. The predicted octanol–water partition coefficient (Wildman–Crippen LogP) is 7.50. The number of carbonyl (C=O) groups excluding carboxylic acids is 1. The third-order valence-corrected chi connectivity index (χ3v) is 10.0. The lowest BCUT2D eigenvalue weighted by atomic mass is 9.93. The Hall–Kier alpha value is -4.74. The average molecular weight is 766 g/mol. The molecule has 13 heteroatoms. The zero-order chi connectivity index (χ0) is 36.2. The van der Waals surface area contributed by atoms with E-state index in [1.807, 2.05) is 30.3 Å². The molecule has 1 atom stereocenters. The van der Waals surface area contributed by atoms with Crippen LogP contribution in [0, 0.1) is 0 Å². The summed E-state index contributed by atoms with van der Waals surface area (Å²) in [6.07, 6.45) is 1.70. The van der Waals surface area contributed by atoms with Gasteiger partial charge in [0.2, 0.25) is 0 Å². The number of nitrogens with zero attached hydrogens (tertiary/aromatic N) is 2. The first-order valence-electron chi connectivity index (χ1n) is 15.6. The Balaban J connectivity index is 1.50. The molecule has 0 radical (unpaired) electrons. The van der Waals surface area contributed by atoms with Crippen LogP contribution in [0.1, 0.15) is 35.2 Å². The highest BCUT2D eigenvalue weighted by atomic mass is 35.5. The van der Waals surface area contributed by atoms with Crippen molar-refractivity contribution in [1.82, 2.24) is 4.57 Å². The molecule has 0 N–H and O–H groups in total. The topological polar surface area (TPSA) is 97.6 Å². The van der Waals surface area contributed by atoms with E-state index in [9.17, 15) is 9.59 Å². The van der Waals surface area contributed by atoms with Crippen LogP contribution in [0.25, 0.3) is 11.8 Å². The molecule has 0 unspecified atom stereocenters. The van der Waals surface area contributed by atoms with Crippen molar-refractivity contribution in [1.29, 1.82) is 0 Å². The number of aromatic nitrogens is 1. The zero-order valence-corrected chi connectivity index (χ0v) is 31.0. The molecule has 0 fully saturated rings. The van der Waals surface area contributed by atoms with Gasteiger partial charge in [0.25, 0.3) is 5.56 Å². The van der Waals surface area contributed by atoms with Crippen molar-refractivity contribution in [3.05, 3.63) is 141 Å². The Kier molecular flexibility index (Phi) is 11.1. The van der Waals surface area contributed by atoms with Gasteiger partial charge in [0.05, 0.1) is 64.8 Å². The molecule has 1 aromatic heterocycles. The van der Waals surface area contributed by atoms with E-state index in [0.29, 0.717) is 64.8 Å². The molecule has 0 bridgehead atoms. The summed E-state index contributed by atoms with van der Waals surface area (Å²) < 4.78 is 30.1. The van der Waals surface area contributed by atoms with Gasteiger partial charge in [-0.25, -0.2) is 9.79 Å². The maximum absolute atomic E-state index is 14.4. The van der Waals surface area contributed by atoms with Gasteiger partial charge < -0.3 is 23.7 Å². The van der Waals surface area contributed by atoms with Crippen molar-refractivity contribution in [2.75, 3.05) is 27.9 Å². The van der Waals surface area contributed by atoms with Gasteiger partial charge in [-0.05, 0) is 66.1 Å². The van der Waals surface area contributed by atoms with E-state index < -0.39 is 12.0 Å². The van der Waals surface area contributed by atoms with Crippen LogP contribution in [-0.4, -0.2) is 38.5 Å². The van der Waals surface area contributed by atoms with Gasteiger partial charge in [-0.2, -0.15) is 0 Å². The van der Waals surface area contributed by atoms with Gasteiger partial charge in [-0.15, -0.1) is 0 Å². The first-order valence-corrected chi connectivity index (χ1v) is 17.6. The molecule has 51 heavy (non-hydrogen) atoms. The van der Waals surface area contributed by atoms with Crippen LogP contribution in [-0.2, 0) is 16.1 Å². The lowest BCUT2D eigenvalue weighted by Gasteiger charge is -2.26. The largest absolute Gasteiger partial charge is 0.493 e. The molecule has 1 aliphatic rings. The van der Waals surface area contributed by atoms with E-state index in [1.54, 1.807) is 61.5 Å². The van der Waals surface area contributed by atoms with Crippen molar-refractivity contribution in [2.24, 2.45) is 4.99 Å². The van der Waals surface area contributed by atoms with Crippen LogP contribution in [0.15, 0.2) is 94.2 Å². The van der Waals surface area contributed by atoms with Gasteiger partial charge in [0.15, 0.2) is 27.8 Å². The van der Waals surface area contributed by atoms with Crippen LogP contribution in [0.3, 0.4) is 0 Å². The van der Waals surface area contributed by atoms with Crippen molar-refractivity contribution in [2.45, 2.75) is 19.6 Å². The Bertz CT molecular complexity index is 2340. The molecule has 4 aromatic carbocycles. The summed E-state index contributed by atoms with van der Waals surface area (Å²) in [5.74, 6) is 1.02. The minimum Gasteiger partial charge on any atom is -0.493 e. The summed E-state index contributed by atoms with van der Waals surface area (Å²) in [6.45, 7) is 2.02. The van der Waals surface area contributed by atoms with Crippen LogP contribution in [0.4, 0.5) is 0 Å². The number of rotatable bonds is 11. The number of hydrogen-bond acceptors (Lipinski definition) is 9. The quantitative estimate of drug-likeness (QED) is 0.129. The molecule has 0 aliphatic carbocycles. The fourth-order valence-electron chi connectivity index (χ4n) is 5.68. The van der Waals surface area contributed by atoms with E-state index in [4.69, 9.17) is 63.5 Å². The molecule has 9 nitrogen and oxygen atoms in total. The van der Waals surface area contributed by atoms with E-state index in [0.717, 1.165) is 5.56 Å². The number of hydrogen-bond donors (Lipinski definition) is 0. The molecule has 2 heterocycles. The summed E-state index contributed by atoms with van der Waals surface area (Å²) in [5.41, 5.74) is 2.89. The Morgan fingerprint density at radius 3 is 2.29 bits per heavy atom. The van der Waals surface area contributed by atoms with Gasteiger partial charge in [0, 0.05) is 5.56 Å². The zero-order valence-electron chi connectivity index (χ0n) is 27.9. The minimum absolute atomic E-state index is 0.128. The SMILES string of the molecule is CCOC(=O)C1=C(c2ccccc2)N=c2s/c(=C\c3cc(Cl)c(OCc4ccc(Cl)c(Cl)c4)c(OC)c3)c(=O)n2[C@H]1c1ccc(OC)c(OC)c1. The first kappa shape index (κ1) is 36.1. The second kappa shape index (κ2) is 15.7. The second-order valence-electron chi connectivity index (χ2n) is 11.1. The van der Waals surface area contributed by atoms with Gasteiger partial charge in [-0.1, -0.05) is 88.6 Å². The minimum atomic E-state index is -0.910. The molecule has 0 saturated carbocycles. The van der Waals surface area contributed by atoms with Gasteiger partial charge in [-0.3, -0.25) is 9.36 Å². The highest BCUT2D eigenvalue weighted by Crippen LogP contribution is 2.39. The van der Waals surface area contributed by atoms with Gasteiger partial charge >= 0.3 is 5.97 Å². The number of methoxy groups -OCH3 is 3. The molecular formula is C38H31Cl3N2O7S. The van der Waals surface area contributed by atoms with E-state index >= 15 is 0 Å². The first-order chi connectivity index (χ1) is 24.7. The summed E-state index contributed by atoms with van der Waals surface area (Å²) in [4.78, 5) is 33.5. The molecule has 5 aromatic rings. The fourth-order valence-corrected chi connectivity index (χ4v) is 7.27. The van der Waals surface area contributed by atoms with E-state index in [1.165, 1.54) is 37.2 Å². The summed E-state index contributed by atoms with van der Waals surface area (Å²) in [5, 5.41) is 1.12. The highest BCUT2D eigenvalue weighted by Gasteiger charge is 2.35. The number of esters is 1. The van der Waals surface area contributed by atoms with Crippen LogP contribution < -0.4 is 33.8 Å². The molecule has 262 valence electrons. The Morgan fingerprint density at radius 1 is 0.863 bits per heavy atom. The fraction of sp³-hybridized carbons (Fsp3) is 0.184. The number of fused-ring (bicyclic) bond motifs is 1. The molecule has 1 aliphatic heterocycles. The molecule has 0 amide bonds. The number of halogens is 3. The third-order valence-electron chi connectivity index (χ3n) is 8.01. The average Bonchev–Trinajstić information content (AvgIpc) is 3.45. The lowest BCUT2D eigenvalue weighted by molar-refractivity contribution is -0.138.